The van der Waals surface area contributed by atoms with Gasteiger partial charge in [-0.1, -0.05) is 0 Å². The van der Waals surface area contributed by atoms with E-state index in [0.29, 0.717) is 0 Å². The third-order valence-electron chi connectivity index (χ3n) is 2.53. The van der Waals surface area contributed by atoms with Crippen molar-refractivity contribution in [2.24, 2.45) is 0 Å². The molecule has 1 aromatic carbocycles. The fourth-order valence-corrected chi connectivity index (χ4v) is 3.13. The van der Waals surface area contributed by atoms with Crippen LogP contribution >= 0.6 is 27.3 Å². The Morgan fingerprint density at radius 1 is 1.37 bits per heavy atom. The van der Waals surface area contributed by atoms with E-state index in [9.17, 15) is 0 Å². The molecule has 98 valence electrons. The molecule has 0 amide bonds. The van der Waals surface area contributed by atoms with Crippen LogP contribution in [0.15, 0.2) is 22.0 Å². The first kappa shape index (κ1) is 13.8. The quantitative estimate of drug-likeness (QED) is 0.853. The second kappa shape index (κ2) is 6.04. The van der Waals surface area contributed by atoms with Gasteiger partial charge in [-0.15, -0.1) is 11.3 Å². The Labute approximate surface area is 123 Å². The van der Waals surface area contributed by atoms with Crippen LogP contribution in [0.25, 0.3) is 10.6 Å². The SMILES string of the molecule is COc1ccc(OC)c(-c2nc(CC#N)c(Br)s2)c1. The van der Waals surface area contributed by atoms with E-state index in [0.717, 1.165) is 31.6 Å². The third-order valence-corrected chi connectivity index (χ3v) is 4.40. The predicted molar refractivity (Wildman–Crippen MR) is 77.7 cm³/mol. The van der Waals surface area contributed by atoms with Crippen molar-refractivity contribution in [2.75, 3.05) is 14.2 Å². The van der Waals surface area contributed by atoms with Gasteiger partial charge in [0.25, 0.3) is 0 Å². The molecule has 0 unspecified atom stereocenters. The molecule has 2 aromatic rings. The lowest BCUT2D eigenvalue weighted by Crippen LogP contribution is -1.90. The zero-order valence-corrected chi connectivity index (χ0v) is 12.8. The van der Waals surface area contributed by atoms with E-state index in [1.165, 1.54) is 11.3 Å². The van der Waals surface area contributed by atoms with Crippen molar-refractivity contribution in [2.45, 2.75) is 6.42 Å². The van der Waals surface area contributed by atoms with Crippen molar-refractivity contribution in [1.29, 1.82) is 5.26 Å². The molecule has 0 radical (unpaired) electrons. The van der Waals surface area contributed by atoms with Crippen molar-refractivity contribution in [3.05, 3.63) is 27.7 Å². The van der Waals surface area contributed by atoms with Crippen LogP contribution < -0.4 is 9.47 Å². The minimum Gasteiger partial charge on any atom is -0.497 e. The molecule has 6 heteroatoms. The highest BCUT2D eigenvalue weighted by Crippen LogP contribution is 2.38. The zero-order chi connectivity index (χ0) is 13.8. The highest BCUT2D eigenvalue weighted by Gasteiger charge is 2.15. The third kappa shape index (κ3) is 2.88. The van der Waals surface area contributed by atoms with Crippen molar-refractivity contribution >= 4 is 27.3 Å². The highest BCUT2D eigenvalue weighted by atomic mass is 79.9. The summed E-state index contributed by atoms with van der Waals surface area (Å²) in [6, 6.07) is 7.65. The lowest BCUT2D eigenvalue weighted by atomic mass is 10.2. The van der Waals surface area contributed by atoms with Gasteiger partial charge in [0.05, 0.1) is 41.8 Å². The van der Waals surface area contributed by atoms with Crippen molar-refractivity contribution < 1.29 is 9.47 Å². The topological polar surface area (TPSA) is 55.1 Å². The first-order valence-corrected chi connectivity index (χ1v) is 7.05. The van der Waals surface area contributed by atoms with Gasteiger partial charge >= 0.3 is 0 Å². The largest absolute Gasteiger partial charge is 0.497 e. The summed E-state index contributed by atoms with van der Waals surface area (Å²) in [6.45, 7) is 0. The monoisotopic (exact) mass is 338 g/mol. The van der Waals surface area contributed by atoms with E-state index in [-0.39, 0.29) is 6.42 Å². The zero-order valence-electron chi connectivity index (χ0n) is 10.4. The fourth-order valence-electron chi connectivity index (χ4n) is 1.61. The molecule has 0 spiro atoms. The van der Waals surface area contributed by atoms with Crippen LogP contribution in [0.2, 0.25) is 0 Å². The summed E-state index contributed by atoms with van der Waals surface area (Å²) >= 11 is 4.91. The molecular formula is C13H11BrN2O2S. The number of nitrogens with zero attached hydrogens (tertiary/aromatic N) is 2. The molecule has 0 saturated carbocycles. The average Bonchev–Trinajstić information content (AvgIpc) is 2.80. The molecule has 4 nitrogen and oxygen atoms in total. The summed E-state index contributed by atoms with van der Waals surface area (Å²) in [5.74, 6) is 1.47. The number of thiazole rings is 1. The maximum atomic E-state index is 8.76. The van der Waals surface area contributed by atoms with E-state index in [1.54, 1.807) is 14.2 Å². The van der Waals surface area contributed by atoms with Crippen LogP contribution in [-0.2, 0) is 6.42 Å². The molecule has 2 rings (SSSR count). The normalized spacial score (nSPS) is 10.0. The highest BCUT2D eigenvalue weighted by molar-refractivity contribution is 9.11. The molecule has 0 saturated heterocycles. The number of methoxy groups -OCH3 is 2. The van der Waals surface area contributed by atoms with Crippen LogP contribution in [0.4, 0.5) is 0 Å². The minimum absolute atomic E-state index is 0.281. The molecule has 0 aliphatic heterocycles. The van der Waals surface area contributed by atoms with Gasteiger partial charge in [-0.05, 0) is 34.1 Å². The van der Waals surface area contributed by atoms with Gasteiger partial charge in [-0.25, -0.2) is 4.98 Å². The molecule has 0 atom stereocenters. The Hall–Kier alpha value is -1.58. The molecule has 19 heavy (non-hydrogen) atoms. The minimum atomic E-state index is 0.281. The standard InChI is InChI=1S/C13H11BrN2O2S/c1-17-8-3-4-11(18-2)9(7-8)13-16-10(5-6-15)12(14)19-13/h3-4,7H,5H2,1-2H3. The van der Waals surface area contributed by atoms with Gasteiger partial charge in [0, 0.05) is 0 Å². The second-order valence-corrected chi connectivity index (χ2v) is 5.96. The summed E-state index contributed by atoms with van der Waals surface area (Å²) in [6.07, 6.45) is 0.281. The number of nitriles is 1. The van der Waals surface area contributed by atoms with E-state index >= 15 is 0 Å². The predicted octanol–water partition coefficient (Wildman–Crippen LogP) is 3.66. The maximum Gasteiger partial charge on any atom is 0.129 e. The number of hydrogen-bond donors (Lipinski definition) is 0. The summed E-state index contributed by atoms with van der Waals surface area (Å²) in [7, 11) is 3.23. The van der Waals surface area contributed by atoms with Crippen molar-refractivity contribution in [3.63, 3.8) is 0 Å². The number of halogens is 1. The first-order chi connectivity index (χ1) is 9.19. The van der Waals surface area contributed by atoms with Gasteiger partial charge in [0.15, 0.2) is 0 Å². The molecular weight excluding hydrogens is 328 g/mol. The lowest BCUT2D eigenvalue weighted by molar-refractivity contribution is 0.404. The Bertz CT molecular complexity index is 634. The smallest absolute Gasteiger partial charge is 0.129 e. The van der Waals surface area contributed by atoms with E-state index in [4.69, 9.17) is 14.7 Å². The van der Waals surface area contributed by atoms with Crippen LogP contribution in [0.5, 0.6) is 11.5 Å². The fraction of sp³-hybridized carbons (Fsp3) is 0.231. The lowest BCUT2D eigenvalue weighted by Gasteiger charge is -2.08. The molecule has 0 fully saturated rings. The number of aromatic nitrogens is 1. The van der Waals surface area contributed by atoms with Gasteiger partial charge < -0.3 is 9.47 Å². The molecule has 1 aromatic heterocycles. The van der Waals surface area contributed by atoms with Crippen molar-refractivity contribution in [3.8, 4) is 28.1 Å². The van der Waals surface area contributed by atoms with Crippen LogP contribution in [0, 0.1) is 11.3 Å². The Kier molecular flexibility index (Phi) is 4.40. The van der Waals surface area contributed by atoms with Crippen LogP contribution in [-0.4, -0.2) is 19.2 Å². The van der Waals surface area contributed by atoms with Crippen LogP contribution in [0.1, 0.15) is 5.69 Å². The van der Waals surface area contributed by atoms with Gasteiger partial charge in [0.1, 0.15) is 16.5 Å². The molecule has 0 bridgehead atoms. The summed E-state index contributed by atoms with van der Waals surface area (Å²) in [5, 5.41) is 9.55. The van der Waals surface area contributed by atoms with E-state index in [1.807, 2.05) is 18.2 Å². The molecule has 0 aliphatic carbocycles. The van der Waals surface area contributed by atoms with Crippen molar-refractivity contribution in [1.82, 2.24) is 4.98 Å². The summed E-state index contributed by atoms with van der Waals surface area (Å²) < 4.78 is 11.4. The molecule has 0 aliphatic rings. The summed E-state index contributed by atoms with van der Waals surface area (Å²) in [4.78, 5) is 4.47. The molecule has 0 N–H and O–H groups in total. The van der Waals surface area contributed by atoms with Gasteiger partial charge in [0.2, 0.25) is 0 Å². The number of benzene rings is 1. The first-order valence-electron chi connectivity index (χ1n) is 5.44. The van der Waals surface area contributed by atoms with Crippen LogP contribution in [0.3, 0.4) is 0 Å². The Morgan fingerprint density at radius 3 is 2.79 bits per heavy atom. The molecule has 1 heterocycles. The van der Waals surface area contributed by atoms with E-state index < -0.39 is 0 Å². The second-order valence-electron chi connectivity index (χ2n) is 3.64. The average molecular weight is 339 g/mol. The van der Waals surface area contributed by atoms with Gasteiger partial charge in [-0.2, -0.15) is 5.26 Å². The number of rotatable bonds is 4. The van der Waals surface area contributed by atoms with Gasteiger partial charge in [-0.3, -0.25) is 0 Å². The maximum absolute atomic E-state index is 8.76. The Morgan fingerprint density at radius 2 is 2.16 bits per heavy atom. The number of ether oxygens (including phenoxy) is 2. The Balaban J connectivity index is 2.51. The number of hydrogen-bond acceptors (Lipinski definition) is 5. The van der Waals surface area contributed by atoms with E-state index in [2.05, 4.69) is 27.0 Å². The summed E-state index contributed by atoms with van der Waals surface area (Å²) in [5.41, 5.74) is 1.60.